The molecule has 0 heterocycles. The molecule has 0 saturated carbocycles. The van der Waals surface area contributed by atoms with E-state index in [4.69, 9.17) is 0 Å². The van der Waals surface area contributed by atoms with Gasteiger partial charge in [0, 0.05) is 5.92 Å². The molecule has 212 valence electrons. The minimum atomic E-state index is 0.356. The number of hydrogen-bond acceptors (Lipinski definition) is 0. The summed E-state index contributed by atoms with van der Waals surface area (Å²) in [6, 6.07) is 30.4. The summed E-state index contributed by atoms with van der Waals surface area (Å²) in [6.07, 6.45) is 18.8. The molecule has 0 radical (unpaired) electrons. The van der Waals surface area contributed by atoms with Gasteiger partial charge in [-0.1, -0.05) is 148 Å². The summed E-state index contributed by atoms with van der Waals surface area (Å²) in [4.78, 5) is 0. The molecule has 0 N–H and O–H groups in total. The number of fused-ring (bicyclic) bond motifs is 2. The SMILES string of the molecule is C=Cc1c(C=C)c(-c2cccc3ccccc23)c2ccccc2c1C(=C)/C=c1/cc(C2C=CC3=C(C=CCC3)C2)ccc1=C. The molecule has 0 amide bonds. The molecule has 0 heteroatoms. The Morgan fingerprint density at radius 2 is 1.50 bits per heavy atom. The van der Waals surface area contributed by atoms with E-state index in [-0.39, 0.29) is 0 Å². The van der Waals surface area contributed by atoms with Gasteiger partial charge in [-0.2, -0.15) is 0 Å². The standard InChI is InChI=1S/C44H36/c1-5-37-38(6-2)44(40-21-13-17-32-15-9-10-18-39(32)40)42-20-12-11-19-41(42)43(37)30(4)26-36-28-34(23-22-29(36)3)35-25-24-31-14-7-8-16-33(31)27-35/h5-6,8-13,15-26,28,35H,1-4,7,14,27H2/b36-26-. The maximum Gasteiger partial charge on any atom is 0.00619 e. The fourth-order valence-electron chi connectivity index (χ4n) is 7.11. The highest BCUT2D eigenvalue weighted by atomic mass is 14.2. The van der Waals surface area contributed by atoms with Gasteiger partial charge in [0.25, 0.3) is 0 Å². The van der Waals surface area contributed by atoms with Gasteiger partial charge in [0.15, 0.2) is 0 Å². The van der Waals surface area contributed by atoms with Gasteiger partial charge in [-0.15, -0.1) is 0 Å². The van der Waals surface area contributed by atoms with Crippen LogP contribution in [-0.4, -0.2) is 0 Å². The average molecular weight is 565 g/mol. The van der Waals surface area contributed by atoms with E-state index in [2.05, 4.69) is 142 Å². The minimum absolute atomic E-state index is 0.356. The molecule has 5 aromatic carbocycles. The minimum Gasteiger partial charge on any atom is -0.0984 e. The van der Waals surface area contributed by atoms with E-state index in [1.54, 1.807) is 0 Å². The molecule has 1 atom stereocenters. The molecule has 0 spiro atoms. The average Bonchev–Trinajstić information content (AvgIpc) is 3.07. The van der Waals surface area contributed by atoms with Crippen LogP contribution in [0.4, 0.5) is 0 Å². The monoisotopic (exact) mass is 564 g/mol. The van der Waals surface area contributed by atoms with Crippen LogP contribution in [0.3, 0.4) is 0 Å². The first-order chi connectivity index (χ1) is 21.6. The molecule has 44 heavy (non-hydrogen) atoms. The van der Waals surface area contributed by atoms with Crippen LogP contribution in [0.25, 0.3) is 63.1 Å². The molecule has 2 aliphatic rings. The van der Waals surface area contributed by atoms with Crippen molar-refractivity contribution in [3.05, 3.63) is 173 Å². The van der Waals surface area contributed by atoms with E-state index in [0.29, 0.717) is 5.92 Å². The van der Waals surface area contributed by atoms with Crippen LogP contribution < -0.4 is 10.4 Å². The van der Waals surface area contributed by atoms with Crippen molar-refractivity contribution in [2.24, 2.45) is 0 Å². The van der Waals surface area contributed by atoms with Gasteiger partial charge in [-0.25, -0.2) is 0 Å². The summed E-state index contributed by atoms with van der Waals surface area (Å²) >= 11 is 0. The second-order valence-electron chi connectivity index (χ2n) is 11.8. The van der Waals surface area contributed by atoms with Gasteiger partial charge in [0.05, 0.1) is 0 Å². The van der Waals surface area contributed by atoms with E-state index in [1.807, 2.05) is 12.2 Å². The van der Waals surface area contributed by atoms with Crippen molar-refractivity contribution in [2.45, 2.75) is 25.2 Å². The quantitative estimate of drug-likeness (QED) is 0.192. The Morgan fingerprint density at radius 1 is 0.750 bits per heavy atom. The predicted molar refractivity (Wildman–Crippen MR) is 194 cm³/mol. The van der Waals surface area contributed by atoms with E-state index >= 15 is 0 Å². The molecular weight excluding hydrogens is 528 g/mol. The molecular formula is C44H36. The molecule has 0 aliphatic heterocycles. The van der Waals surface area contributed by atoms with Crippen molar-refractivity contribution >= 4 is 51.9 Å². The number of allylic oxidation sites excluding steroid dienone is 7. The maximum absolute atomic E-state index is 4.65. The number of benzene rings is 5. The van der Waals surface area contributed by atoms with E-state index in [1.165, 1.54) is 44.0 Å². The van der Waals surface area contributed by atoms with Crippen molar-refractivity contribution in [3.63, 3.8) is 0 Å². The Balaban J connectivity index is 1.39. The van der Waals surface area contributed by atoms with Crippen LogP contribution in [0.1, 0.15) is 47.4 Å². The zero-order chi connectivity index (χ0) is 30.2. The molecule has 0 nitrogen and oxygen atoms in total. The summed E-state index contributed by atoms with van der Waals surface area (Å²) in [5.41, 5.74) is 10.8. The molecule has 5 aromatic rings. The van der Waals surface area contributed by atoms with Crippen molar-refractivity contribution < 1.29 is 0 Å². The maximum atomic E-state index is 4.65. The summed E-state index contributed by atoms with van der Waals surface area (Å²) in [7, 11) is 0. The molecule has 2 aliphatic carbocycles. The third-order valence-corrected chi connectivity index (χ3v) is 9.29. The normalized spacial score (nSPS) is 16.4. The lowest BCUT2D eigenvalue weighted by atomic mass is 9.81. The Hall–Kier alpha value is -5.20. The van der Waals surface area contributed by atoms with E-state index in [0.717, 1.165) is 57.3 Å². The fraction of sp³-hybridized carbons (Fsp3) is 0.0909. The first kappa shape index (κ1) is 27.6. The lowest BCUT2D eigenvalue weighted by molar-refractivity contribution is 0.790. The summed E-state index contributed by atoms with van der Waals surface area (Å²) in [5.74, 6) is 0.356. The predicted octanol–water partition coefficient (Wildman–Crippen LogP) is 10.5. The van der Waals surface area contributed by atoms with Crippen LogP contribution in [0.5, 0.6) is 0 Å². The summed E-state index contributed by atoms with van der Waals surface area (Å²) < 4.78 is 0. The molecule has 1 unspecified atom stereocenters. The van der Waals surface area contributed by atoms with Gasteiger partial charge in [0.1, 0.15) is 0 Å². The highest BCUT2D eigenvalue weighted by Gasteiger charge is 2.21. The summed E-state index contributed by atoms with van der Waals surface area (Å²) in [6.45, 7) is 17.6. The molecule has 7 rings (SSSR count). The Bertz CT molecular complexity index is 2210. The van der Waals surface area contributed by atoms with Gasteiger partial charge in [-0.3, -0.25) is 0 Å². The van der Waals surface area contributed by atoms with Gasteiger partial charge < -0.3 is 0 Å². The molecule has 0 saturated heterocycles. The molecule has 0 bridgehead atoms. The highest BCUT2D eigenvalue weighted by molar-refractivity contribution is 6.15. The topological polar surface area (TPSA) is 0 Å². The van der Waals surface area contributed by atoms with Crippen LogP contribution >= 0.6 is 0 Å². The zero-order valence-corrected chi connectivity index (χ0v) is 25.2. The second-order valence-corrected chi connectivity index (χ2v) is 11.8. The molecule has 0 fully saturated rings. The third kappa shape index (κ3) is 4.74. The second kappa shape index (κ2) is 11.5. The van der Waals surface area contributed by atoms with Crippen molar-refractivity contribution in [1.82, 2.24) is 0 Å². The lowest BCUT2D eigenvalue weighted by Crippen LogP contribution is -2.24. The van der Waals surface area contributed by atoms with E-state index in [9.17, 15) is 0 Å². The van der Waals surface area contributed by atoms with Crippen LogP contribution in [-0.2, 0) is 0 Å². The van der Waals surface area contributed by atoms with Crippen molar-refractivity contribution in [2.75, 3.05) is 0 Å². The van der Waals surface area contributed by atoms with Crippen LogP contribution in [0.2, 0.25) is 0 Å². The van der Waals surface area contributed by atoms with Gasteiger partial charge >= 0.3 is 0 Å². The number of hydrogen-bond donors (Lipinski definition) is 0. The molecule has 0 aromatic heterocycles. The smallest absolute Gasteiger partial charge is 0.00619 e. The van der Waals surface area contributed by atoms with Crippen molar-refractivity contribution in [1.29, 1.82) is 0 Å². The first-order valence-electron chi connectivity index (χ1n) is 15.5. The van der Waals surface area contributed by atoms with E-state index < -0.39 is 0 Å². The Kier molecular flexibility index (Phi) is 7.20. The Morgan fingerprint density at radius 3 is 2.32 bits per heavy atom. The summed E-state index contributed by atoms with van der Waals surface area (Å²) in [5, 5.41) is 6.85. The fourth-order valence-corrected chi connectivity index (χ4v) is 7.11. The highest BCUT2D eigenvalue weighted by Crippen LogP contribution is 2.43. The van der Waals surface area contributed by atoms with Gasteiger partial charge in [-0.05, 0) is 107 Å². The third-order valence-electron chi connectivity index (χ3n) is 9.29. The Labute approximate surface area is 260 Å². The first-order valence-corrected chi connectivity index (χ1v) is 15.5. The van der Waals surface area contributed by atoms with Gasteiger partial charge in [0.2, 0.25) is 0 Å². The van der Waals surface area contributed by atoms with Crippen LogP contribution in [0, 0.1) is 0 Å². The van der Waals surface area contributed by atoms with Crippen LogP contribution in [0.15, 0.2) is 140 Å². The zero-order valence-electron chi connectivity index (χ0n) is 25.2. The van der Waals surface area contributed by atoms with Crippen molar-refractivity contribution in [3.8, 4) is 11.1 Å². The lowest BCUT2D eigenvalue weighted by Gasteiger charge is -2.23. The number of rotatable bonds is 6. The largest absolute Gasteiger partial charge is 0.0984 e.